The summed E-state index contributed by atoms with van der Waals surface area (Å²) < 4.78 is 0. The van der Waals surface area contributed by atoms with Crippen molar-refractivity contribution in [2.24, 2.45) is 5.92 Å². The lowest BCUT2D eigenvalue weighted by atomic mass is 10.1. The number of anilines is 1. The van der Waals surface area contributed by atoms with E-state index in [9.17, 15) is 5.11 Å². The van der Waals surface area contributed by atoms with Gasteiger partial charge in [0.2, 0.25) is 0 Å². The lowest BCUT2D eigenvalue weighted by molar-refractivity contribution is 0.199. The largest absolute Gasteiger partial charge is 0.389 e. The minimum Gasteiger partial charge on any atom is -0.389 e. The average molecular weight is 218 g/mol. The van der Waals surface area contributed by atoms with E-state index in [1.54, 1.807) is 6.92 Å². The minimum absolute atomic E-state index is 0.0212. The first-order chi connectivity index (χ1) is 7.56. The fourth-order valence-corrected chi connectivity index (χ4v) is 1.74. The Hall–Kier alpha value is -1.53. The van der Waals surface area contributed by atoms with Crippen LogP contribution in [0.3, 0.4) is 0 Å². The van der Waals surface area contributed by atoms with Crippen molar-refractivity contribution in [1.29, 1.82) is 5.26 Å². The molecule has 0 radical (unpaired) electrons. The van der Waals surface area contributed by atoms with Gasteiger partial charge in [0.15, 0.2) is 0 Å². The van der Waals surface area contributed by atoms with Crippen molar-refractivity contribution < 1.29 is 5.11 Å². The zero-order valence-electron chi connectivity index (χ0n) is 10.0. The third-order valence-corrected chi connectivity index (χ3v) is 2.57. The maximum atomic E-state index is 9.65. The summed E-state index contributed by atoms with van der Waals surface area (Å²) in [7, 11) is 1.94. The van der Waals surface area contributed by atoms with Gasteiger partial charge < -0.3 is 10.0 Å². The summed E-state index contributed by atoms with van der Waals surface area (Å²) in [6, 6.07) is 9.93. The van der Waals surface area contributed by atoms with Gasteiger partial charge in [0, 0.05) is 24.8 Å². The van der Waals surface area contributed by atoms with E-state index < -0.39 is 6.10 Å². The topological polar surface area (TPSA) is 47.3 Å². The summed E-state index contributed by atoms with van der Waals surface area (Å²) in [6.45, 7) is 4.31. The molecule has 2 unspecified atom stereocenters. The molecule has 0 aromatic heterocycles. The lowest BCUT2D eigenvalue weighted by Gasteiger charge is -2.24. The third-order valence-electron chi connectivity index (χ3n) is 2.57. The van der Waals surface area contributed by atoms with Gasteiger partial charge in [-0.25, -0.2) is 0 Å². The summed E-state index contributed by atoms with van der Waals surface area (Å²) in [5, 5.41) is 18.4. The van der Waals surface area contributed by atoms with Gasteiger partial charge in [-0.05, 0) is 19.9 Å². The molecule has 0 fully saturated rings. The van der Waals surface area contributed by atoms with Gasteiger partial charge in [0.25, 0.3) is 0 Å². The smallest absolute Gasteiger partial charge is 0.0781 e. The quantitative estimate of drug-likeness (QED) is 0.843. The molecule has 0 aliphatic heterocycles. The highest BCUT2D eigenvalue weighted by molar-refractivity contribution is 5.54. The van der Waals surface area contributed by atoms with Crippen LogP contribution in [0.15, 0.2) is 24.3 Å². The Morgan fingerprint density at radius 2 is 2.00 bits per heavy atom. The van der Waals surface area contributed by atoms with E-state index in [2.05, 4.69) is 6.07 Å². The van der Waals surface area contributed by atoms with E-state index in [1.165, 1.54) is 0 Å². The van der Waals surface area contributed by atoms with E-state index in [0.29, 0.717) is 6.54 Å². The Morgan fingerprint density at radius 1 is 1.38 bits per heavy atom. The molecule has 1 aromatic carbocycles. The Kier molecular flexibility index (Phi) is 4.33. The van der Waals surface area contributed by atoms with Crippen molar-refractivity contribution in [1.82, 2.24) is 0 Å². The van der Waals surface area contributed by atoms with Gasteiger partial charge in [0.1, 0.15) is 0 Å². The molecule has 0 aliphatic carbocycles. The number of benzene rings is 1. The molecule has 1 rings (SSSR count). The highest BCUT2D eigenvalue weighted by atomic mass is 16.3. The minimum atomic E-state index is -0.490. The summed E-state index contributed by atoms with van der Waals surface area (Å²) in [5.41, 5.74) is 1.88. The number of para-hydroxylation sites is 1. The number of hydrogen-bond acceptors (Lipinski definition) is 3. The third kappa shape index (κ3) is 2.98. The molecule has 0 spiro atoms. The molecule has 3 nitrogen and oxygen atoms in total. The first-order valence-corrected chi connectivity index (χ1v) is 5.44. The van der Waals surface area contributed by atoms with Crippen LogP contribution in [0, 0.1) is 17.2 Å². The highest BCUT2D eigenvalue weighted by Gasteiger charge is 2.12. The highest BCUT2D eigenvalue weighted by Crippen LogP contribution is 2.25. The second kappa shape index (κ2) is 5.53. The molecule has 0 bridgehead atoms. The Labute approximate surface area is 96.9 Å². The normalized spacial score (nSPS) is 13.9. The van der Waals surface area contributed by atoms with Gasteiger partial charge in [-0.2, -0.15) is 5.26 Å². The fraction of sp³-hybridized carbons (Fsp3) is 0.462. The van der Waals surface area contributed by atoms with E-state index in [0.717, 1.165) is 11.3 Å². The SMILES string of the molecule is CC(C#N)CN(C)c1ccccc1C(C)O. The Balaban J connectivity index is 2.91. The van der Waals surface area contributed by atoms with Gasteiger partial charge >= 0.3 is 0 Å². The number of hydrogen-bond donors (Lipinski definition) is 1. The second-order valence-corrected chi connectivity index (χ2v) is 4.15. The van der Waals surface area contributed by atoms with Crippen LogP contribution in [0.2, 0.25) is 0 Å². The molecule has 0 aliphatic rings. The molecular formula is C13H18N2O. The van der Waals surface area contributed by atoms with Crippen LogP contribution in [-0.2, 0) is 0 Å². The maximum Gasteiger partial charge on any atom is 0.0781 e. The molecular weight excluding hydrogens is 200 g/mol. The molecule has 0 amide bonds. The summed E-state index contributed by atoms with van der Waals surface area (Å²) in [6.07, 6.45) is -0.490. The van der Waals surface area contributed by atoms with Crippen LogP contribution in [0.5, 0.6) is 0 Å². The van der Waals surface area contributed by atoms with Crippen LogP contribution in [0.4, 0.5) is 5.69 Å². The van der Waals surface area contributed by atoms with Crippen molar-refractivity contribution in [2.75, 3.05) is 18.5 Å². The van der Waals surface area contributed by atoms with Crippen LogP contribution in [-0.4, -0.2) is 18.7 Å². The lowest BCUT2D eigenvalue weighted by Crippen LogP contribution is -2.24. The van der Waals surface area contributed by atoms with Gasteiger partial charge in [0.05, 0.1) is 18.1 Å². The number of aliphatic hydroxyl groups is 1. The average Bonchev–Trinajstić information content (AvgIpc) is 2.28. The maximum absolute atomic E-state index is 9.65. The predicted octanol–water partition coefficient (Wildman–Crippen LogP) is 2.34. The van der Waals surface area contributed by atoms with E-state index in [1.807, 2.05) is 43.1 Å². The first kappa shape index (κ1) is 12.5. The fourth-order valence-electron chi connectivity index (χ4n) is 1.74. The van der Waals surface area contributed by atoms with Crippen molar-refractivity contribution in [2.45, 2.75) is 20.0 Å². The van der Waals surface area contributed by atoms with Crippen LogP contribution >= 0.6 is 0 Å². The summed E-state index contributed by atoms with van der Waals surface area (Å²) in [4.78, 5) is 2.01. The number of aliphatic hydroxyl groups excluding tert-OH is 1. The Morgan fingerprint density at radius 3 is 2.56 bits per heavy atom. The van der Waals surface area contributed by atoms with E-state index in [4.69, 9.17) is 5.26 Å². The summed E-state index contributed by atoms with van der Waals surface area (Å²) in [5.74, 6) is -0.0212. The second-order valence-electron chi connectivity index (χ2n) is 4.15. The molecule has 0 saturated heterocycles. The molecule has 2 atom stereocenters. The molecule has 86 valence electrons. The van der Waals surface area contributed by atoms with Gasteiger partial charge in [-0.1, -0.05) is 18.2 Å². The standard InChI is InChI=1S/C13H18N2O/c1-10(8-14)9-15(3)13-7-5-4-6-12(13)11(2)16/h4-7,10-11,16H,9H2,1-3H3. The molecule has 0 saturated carbocycles. The molecule has 1 N–H and O–H groups in total. The first-order valence-electron chi connectivity index (χ1n) is 5.44. The predicted molar refractivity (Wildman–Crippen MR) is 65.1 cm³/mol. The number of nitrogens with zero attached hydrogens (tertiary/aromatic N) is 2. The van der Waals surface area contributed by atoms with Crippen LogP contribution in [0.25, 0.3) is 0 Å². The molecule has 0 heterocycles. The number of rotatable bonds is 4. The summed E-state index contributed by atoms with van der Waals surface area (Å²) >= 11 is 0. The van der Waals surface area contributed by atoms with Crippen molar-refractivity contribution in [3.8, 4) is 6.07 Å². The zero-order chi connectivity index (χ0) is 12.1. The Bertz CT molecular complexity index is 382. The van der Waals surface area contributed by atoms with Crippen LogP contribution in [0.1, 0.15) is 25.5 Å². The number of nitriles is 1. The van der Waals surface area contributed by atoms with Crippen molar-refractivity contribution >= 4 is 5.69 Å². The molecule has 1 aromatic rings. The molecule has 16 heavy (non-hydrogen) atoms. The van der Waals surface area contributed by atoms with Crippen LogP contribution < -0.4 is 4.90 Å². The monoisotopic (exact) mass is 218 g/mol. The van der Waals surface area contributed by atoms with Gasteiger partial charge in [-0.3, -0.25) is 0 Å². The zero-order valence-corrected chi connectivity index (χ0v) is 10.0. The van der Waals surface area contributed by atoms with Crippen molar-refractivity contribution in [3.05, 3.63) is 29.8 Å². The van der Waals surface area contributed by atoms with Gasteiger partial charge in [-0.15, -0.1) is 0 Å². The van der Waals surface area contributed by atoms with Crippen molar-refractivity contribution in [3.63, 3.8) is 0 Å². The molecule has 3 heteroatoms. The van der Waals surface area contributed by atoms with E-state index in [-0.39, 0.29) is 5.92 Å². The van der Waals surface area contributed by atoms with E-state index >= 15 is 0 Å².